The third-order valence-electron chi connectivity index (χ3n) is 2.70. The van der Waals surface area contributed by atoms with Crippen molar-refractivity contribution < 1.29 is 4.74 Å². The monoisotopic (exact) mass is 276 g/mol. The third kappa shape index (κ3) is 3.94. The Morgan fingerprint density at radius 2 is 2.11 bits per heavy atom. The molecule has 1 heterocycles. The second-order valence-electron chi connectivity index (χ2n) is 4.72. The van der Waals surface area contributed by atoms with Crippen molar-refractivity contribution in [3.63, 3.8) is 0 Å². The van der Waals surface area contributed by atoms with Crippen LogP contribution in [0.5, 0.6) is 11.5 Å². The van der Waals surface area contributed by atoms with E-state index in [1.165, 1.54) is 5.56 Å². The van der Waals surface area contributed by atoms with Crippen LogP contribution in [-0.2, 0) is 6.42 Å². The zero-order chi connectivity index (χ0) is 13.8. The van der Waals surface area contributed by atoms with Gasteiger partial charge in [0, 0.05) is 18.3 Å². The summed E-state index contributed by atoms with van der Waals surface area (Å²) < 4.78 is 5.77. The van der Waals surface area contributed by atoms with Crippen molar-refractivity contribution in [2.45, 2.75) is 26.3 Å². The molecule has 0 spiro atoms. The molecule has 2 aromatic rings. The van der Waals surface area contributed by atoms with E-state index in [4.69, 9.17) is 22.1 Å². The molecule has 0 aliphatic rings. The number of hydrogen-bond acceptors (Lipinski definition) is 3. The molecule has 19 heavy (non-hydrogen) atoms. The van der Waals surface area contributed by atoms with Crippen molar-refractivity contribution in [2.75, 3.05) is 0 Å². The fourth-order valence-corrected chi connectivity index (χ4v) is 2.06. The summed E-state index contributed by atoms with van der Waals surface area (Å²) in [6, 6.07) is 7.97. The van der Waals surface area contributed by atoms with Crippen LogP contribution in [0.25, 0.3) is 0 Å². The zero-order valence-electron chi connectivity index (χ0n) is 11.1. The van der Waals surface area contributed by atoms with Crippen molar-refractivity contribution in [3.8, 4) is 11.5 Å². The molecule has 2 rings (SSSR count). The molecule has 0 saturated heterocycles. The summed E-state index contributed by atoms with van der Waals surface area (Å²) in [4.78, 5) is 3.99. The highest BCUT2D eigenvalue weighted by atomic mass is 35.5. The van der Waals surface area contributed by atoms with Crippen LogP contribution in [0.3, 0.4) is 0 Å². The highest BCUT2D eigenvalue weighted by molar-refractivity contribution is 6.30. The molecule has 4 heteroatoms. The van der Waals surface area contributed by atoms with E-state index in [9.17, 15) is 0 Å². The SMILES string of the molecule is Cc1cc(CC(C)N)ccc1Oc1cncc(Cl)c1. The first kappa shape index (κ1) is 13.8. The van der Waals surface area contributed by atoms with Gasteiger partial charge in [-0.05, 0) is 37.5 Å². The average Bonchev–Trinajstić information content (AvgIpc) is 2.32. The predicted molar refractivity (Wildman–Crippen MR) is 77.9 cm³/mol. The smallest absolute Gasteiger partial charge is 0.147 e. The minimum Gasteiger partial charge on any atom is -0.455 e. The Labute approximate surface area is 118 Å². The quantitative estimate of drug-likeness (QED) is 0.926. The summed E-state index contributed by atoms with van der Waals surface area (Å²) in [5.41, 5.74) is 8.08. The Morgan fingerprint density at radius 1 is 1.32 bits per heavy atom. The summed E-state index contributed by atoms with van der Waals surface area (Å²) in [6.45, 7) is 4.01. The number of nitrogens with two attached hydrogens (primary N) is 1. The van der Waals surface area contributed by atoms with Gasteiger partial charge >= 0.3 is 0 Å². The second-order valence-corrected chi connectivity index (χ2v) is 5.16. The van der Waals surface area contributed by atoms with Gasteiger partial charge in [0.25, 0.3) is 0 Å². The van der Waals surface area contributed by atoms with E-state index < -0.39 is 0 Å². The van der Waals surface area contributed by atoms with Crippen LogP contribution in [0.15, 0.2) is 36.7 Å². The van der Waals surface area contributed by atoms with Gasteiger partial charge in [-0.1, -0.05) is 23.7 Å². The van der Waals surface area contributed by atoms with Gasteiger partial charge < -0.3 is 10.5 Å². The van der Waals surface area contributed by atoms with Crippen LogP contribution in [0.4, 0.5) is 0 Å². The molecular weight excluding hydrogens is 260 g/mol. The van der Waals surface area contributed by atoms with Crippen LogP contribution >= 0.6 is 11.6 Å². The number of ether oxygens (including phenoxy) is 1. The maximum atomic E-state index is 5.88. The largest absolute Gasteiger partial charge is 0.455 e. The summed E-state index contributed by atoms with van der Waals surface area (Å²) >= 11 is 5.88. The second kappa shape index (κ2) is 6.04. The number of halogens is 1. The minimum absolute atomic E-state index is 0.156. The maximum absolute atomic E-state index is 5.88. The number of aromatic nitrogens is 1. The molecule has 0 aliphatic heterocycles. The fraction of sp³-hybridized carbons (Fsp3) is 0.267. The molecule has 1 atom stereocenters. The molecule has 1 aromatic carbocycles. The number of aryl methyl sites for hydroxylation is 1. The maximum Gasteiger partial charge on any atom is 0.147 e. The van der Waals surface area contributed by atoms with E-state index in [-0.39, 0.29) is 6.04 Å². The number of hydrogen-bond donors (Lipinski definition) is 1. The molecule has 1 unspecified atom stereocenters. The van der Waals surface area contributed by atoms with E-state index in [0.717, 1.165) is 17.7 Å². The summed E-state index contributed by atoms with van der Waals surface area (Å²) in [6.07, 6.45) is 4.08. The molecule has 0 saturated carbocycles. The lowest BCUT2D eigenvalue weighted by Crippen LogP contribution is -2.17. The molecular formula is C15H17ClN2O. The Morgan fingerprint density at radius 3 is 2.74 bits per heavy atom. The van der Waals surface area contributed by atoms with Crippen molar-refractivity contribution in [3.05, 3.63) is 52.8 Å². The van der Waals surface area contributed by atoms with Gasteiger partial charge in [-0.25, -0.2) is 0 Å². The van der Waals surface area contributed by atoms with Gasteiger partial charge in [-0.15, -0.1) is 0 Å². The van der Waals surface area contributed by atoms with Crippen molar-refractivity contribution in [1.29, 1.82) is 0 Å². The first-order valence-corrected chi connectivity index (χ1v) is 6.56. The lowest BCUT2D eigenvalue weighted by molar-refractivity contribution is 0.476. The molecule has 0 bridgehead atoms. The molecule has 0 fully saturated rings. The summed E-state index contributed by atoms with van der Waals surface area (Å²) in [7, 11) is 0. The Kier molecular flexibility index (Phi) is 4.40. The normalized spacial score (nSPS) is 12.2. The standard InChI is InChI=1S/C15H17ClN2O/c1-10-5-12(6-11(2)17)3-4-15(10)19-14-7-13(16)8-18-9-14/h3-5,7-9,11H,6,17H2,1-2H3. The van der Waals surface area contributed by atoms with Crippen molar-refractivity contribution in [2.24, 2.45) is 5.73 Å². The molecule has 100 valence electrons. The number of rotatable bonds is 4. The summed E-state index contributed by atoms with van der Waals surface area (Å²) in [5, 5.41) is 0.559. The highest BCUT2D eigenvalue weighted by Gasteiger charge is 2.05. The van der Waals surface area contributed by atoms with Crippen LogP contribution in [0.2, 0.25) is 5.02 Å². The lowest BCUT2D eigenvalue weighted by atomic mass is 10.0. The predicted octanol–water partition coefficient (Wildman–Crippen LogP) is 3.73. The Hall–Kier alpha value is -1.58. The first-order chi connectivity index (χ1) is 9.04. The Balaban J connectivity index is 2.17. The van der Waals surface area contributed by atoms with Crippen LogP contribution in [0.1, 0.15) is 18.1 Å². The number of nitrogens with zero attached hydrogens (tertiary/aromatic N) is 1. The van der Waals surface area contributed by atoms with Crippen molar-refractivity contribution >= 4 is 11.6 Å². The highest BCUT2D eigenvalue weighted by Crippen LogP contribution is 2.27. The van der Waals surface area contributed by atoms with Gasteiger partial charge in [0.1, 0.15) is 11.5 Å². The lowest BCUT2D eigenvalue weighted by Gasteiger charge is -2.11. The van der Waals surface area contributed by atoms with E-state index in [0.29, 0.717) is 10.8 Å². The van der Waals surface area contributed by atoms with Gasteiger partial charge in [-0.3, -0.25) is 4.98 Å². The first-order valence-electron chi connectivity index (χ1n) is 6.18. The fourth-order valence-electron chi connectivity index (χ4n) is 1.90. The molecule has 3 nitrogen and oxygen atoms in total. The van der Waals surface area contributed by atoms with Gasteiger partial charge in [0.05, 0.1) is 11.2 Å². The molecule has 2 N–H and O–H groups in total. The van der Waals surface area contributed by atoms with Crippen LogP contribution in [-0.4, -0.2) is 11.0 Å². The molecule has 0 aliphatic carbocycles. The van der Waals surface area contributed by atoms with Crippen molar-refractivity contribution in [1.82, 2.24) is 4.98 Å². The minimum atomic E-state index is 0.156. The molecule has 1 aromatic heterocycles. The van der Waals surface area contributed by atoms with E-state index in [1.54, 1.807) is 18.5 Å². The zero-order valence-corrected chi connectivity index (χ0v) is 11.8. The van der Waals surface area contributed by atoms with E-state index in [1.807, 2.05) is 26.0 Å². The molecule has 0 radical (unpaired) electrons. The van der Waals surface area contributed by atoms with Gasteiger partial charge in [0.2, 0.25) is 0 Å². The number of pyridine rings is 1. The average molecular weight is 277 g/mol. The van der Waals surface area contributed by atoms with Gasteiger partial charge in [0.15, 0.2) is 0 Å². The van der Waals surface area contributed by atoms with Crippen LogP contribution < -0.4 is 10.5 Å². The van der Waals surface area contributed by atoms with Gasteiger partial charge in [-0.2, -0.15) is 0 Å². The Bertz CT molecular complexity index is 570. The number of benzene rings is 1. The van der Waals surface area contributed by atoms with E-state index >= 15 is 0 Å². The van der Waals surface area contributed by atoms with Crippen LogP contribution in [0, 0.1) is 6.92 Å². The third-order valence-corrected chi connectivity index (χ3v) is 2.91. The van der Waals surface area contributed by atoms with E-state index in [2.05, 4.69) is 11.1 Å². The molecule has 0 amide bonds. The topological polar surface area (TPSA) is 48.1 Å². The summed E-state index contributed by atoms with van der Waals surface area (Å²) in [5.74, 6) is 1.44.